The standard InChI is InChI=1S/C12H21N/c1-4-6-11-7-5-8-12(9-11)10-13(2)3/h4,10-11H,1,5-9H2,2-3H3. The molecule has 0 radical (unpaired) electrons. The molecule has 0 aliphatic heterocycles. The normalized spacial score (nSPS) is 26.0. The molecule has 0 spiro atoms. The summed E-state index contributed by atoms with van der Waals surface area (Å²) in [5, 5.41) is 0. The summed E-state index contributed by atoms with van der Waals surface area (Å²) < 4.78 is 0. The van der Waals surface area contributed by atoms with Crippen molar-refractivity contribution in [3.05, 3.63) is 24.4 Å². The van der Waals surface area contributed by atoms with Crippen molar-refractivity contribution in [2.24, 2.45) is 5.92 Å². The Balaban J connectivity index is 2.45. The molecule has 74 valence electrons. The van der Waals surface area contributed by atoms with E-state index in [0.29, 0.717) is 0 Å². The van der Waals surface area contributed by atoms with Crippen LogP contribution in [0.5, 0.6) is 0 Å². The lowest BCUT2D eigenvalue weighted by molar-refractivity contribution is 0.413. The summed E-state index contributed by atoms with van der Waals surface area (Å²) in [7, 11) is 4.20. The predicted octanol–water partition coefficient (Wildman–Crippen LogP) is 3.20. The summed E-state index contributed by atoms with van der Waals surface area (Å²) in [6.07, 6.45) is 10.9. The Morgan fingerprint density at radius 2 is 2.31 bits per heavy atom. The van der Waals surface area contributed by atoms with E-state index >= 15 is 0 Å². The first-order chi connectivity index (χ1) is 6.22. The SMILES string of the molecule is C=CCC1CCCC(=CN(C)C)C1. The van der Waals surface area contributed by atoms with Gasteiger partial charge in [0.25, 0.3) is 0 Å². The van der Waals surface area contributed by atoms with Gasteiger partial charge in [0.05, 0.1) is 0 Å². The molecule has 1 aliphatic carbocycles. The summed E-state index contributed by atoms with van der Waals surface area (Å²) >= 11 is 0. The quantitative estimate of drug-likeness (QED) is 0.601. The van der Waals surface area contributed by atoms with Gasteiger partial charge in [-0.2, -0.15) is 0 Å². The van der Waals surface area contributed by atoms with E-state index in [1.165, 1.54) is 32.1 Å². The molecule has 0 saturated heterocycles. The molecule has 0 aromatic rings. The van der Waals surface area contributed by atoms with Crippen molar-refractivity contribution in [1.29, 1.82) is 0 Å². The topological polar surface area (TPSA) is 3.24 Å². The molecule has 1 nitrogen and oxygen atoms in total. The zero-order valence-corrected chi connectivity index (χ0v) is 8.92. The molecule has 0 amide bonds. The maximum Gasteiger partial charge on any atom is 0.00556 e. The maximum atomic E-state index is 3.81. The van der Waals surface area contributed by atoms with Gasteiger partial charge >= 0.3 is 0 Å². The Labute approximate surface area is 82.1 Å². The maximum absolute atomic E-state index is 3.81. The van der Waals surface area contributed by atoms with Gasteiger partial charge in [-0.3, -0.25) is 0 Å². The second kappa shape index (κ2) is 5.11. The van der Waals surface area contributed by atoms with Crippen molar-refractivity contribution >= 4 is 0 Å². The van der Waals surface area contributed by atoms with Gasteiger partial charge in [-0.25, -0.2) is 0 Å². The van der Waals surface area contributed by atoms with E-state index in [1.807, 2.05) is 0 Å². The molecule has 0 heterocycles. The Morgan fingerprint density at radius 1 is 1.54 bits per heavy atom. The van der Waals surface area contributed by atoms with Crippen LogP contribution in [-0.4, -0.2) is 19.0 Å². The van der Waals surface area contributed by atoms with Gasteiger partial charge in [0.1, 0.15) is 0 Å². The minimum atomic E-state index is 0.859. The van der Waals surface area contributed by atoms with Gasteiger partial charge in [0.15, 0.2) is 0 Å². The lowest BCUT2D eigenvalue weighted by Gasteiger charge is -2.24. The molecule has 13 heavy (non-hydrogen) atoms. The van der Waals surface area contributed by atoms with E-state index in [-0.39, 0.29) is 0 Å². The molecular weight excluding hydrogens is 158 g/mol. The highest BCUT2D eigenvalue weighted by atomic mass is 15.0. The number of hydrogen-bond donors (Lipinski definition) is 0. The molecule has 0 aromatic heterocycles. The molecular formula is C12H21N. The summed E-state index contributed by atoms with van der Waals surface area (Å²) in [6, 6.07) is 0. The first kappa shape index (κ1) is 10.4. The fraction of sp³-hybridized carbons (Fsp3) is 0.667. The van der Waals surface area contributed by atoms with Crippen LogP contribution in [0.1, 0.15) is 32.1 Å². The van der Waals surface area contributed by atoms with Crippen molar-refractivity contribution in [3.8, 4) is 0 Å². The zero-order chi connectivity index (χ0) is 9.68. The number of nitrogens with zero attached hydrogens (tertiary/aromatic N) is 1. The van der Waals surface area contributed by atoms with Crippen LogP contribution in [0.4, 0.5) is 0 Å². The van der Waals surface area contributed by atoms with Crippen molar-refractivity contribution < 1.29 is 0 Å². The Morgan fingerprint density at radius 3 is 2.92 bits per heavy atom. The van der Waals surface area contributed by atoms with Gasteiger partial charge in [0.2, 0.25) is 0 Å². The molecule has 1 unspecified atom stereocenters. The first-order valence-corrected chi connectivity index (χ1v) is 5.19. The van der Waals surface area contributed by atoms with Gasteiger partial charge in [-0.1, -0.05) is 11.6 Å². The monoisotopic (exact) mass is 179 g/mol. The molecule has 1 atom stereocenters. The van der Waals surface area contributed by atoms with Crippen molar-refractivity contribution in [3.63, 3.8) is 0 Å². The first-order valence-electron chi connectivity index (χ1n) is 5.19. The molecule has 0 aromatic carbocycles. The van der Waals surface area contributed by atoms with Gasteiger partial charge in [-0.05, 0) is 44.2 Å². The number of rotatable bonds is 3. The highest BCUT2D eigenvalue weighted by Crippen LogP contribution is 2.30. The van der Waals surface area contributed by atoms with E-state index in [9.17, 15) is 0 Å². The molecule has 1 rings (SSSR count). The van der Waals surface area contributed by atoms with Crippen molar-refractivity contribution in [2.75, 3.05) is 14.1 Å². The highest BCUT2D eigenvalue weighted by molar-refractivity contribution is 5.05. The van der Waals surface area contributed by atoms with E-state index < -0.39 is 0 Å². The minimum absolute atomic E-state index is 0.859. The number of allylic oxidation sites excluding steroid dienone is 2. The summed E-state index contributed by atoms with van der Waals surface area (Å²) in [4.78, 5) is 2.16. The molecule has 0 bridgehead atoms. The van der Waals surface area contributed by atoms with Crippen LogP contribution in [0.2, 0.25) is 0 Å². The average molecular weight is 179 g/mol. The third kappa shape index (κ3) is 3.67. The average Bonchev–Trinajstić information content (AvgIpc) is 2.04. The third-order valence-corrected chi connectivity index (χ3v) is 2.60. The smallest absolute Gasteiger partial charge is 0.00556 e. The molecule has 1 aliphatic rings. The second-order valence-corrected chi connectivity index (χ2v) is 4.24. The minimum Gasteiger partial charge on any atom is -0.384 e. The van der Waals surface area contributed by atoms with Crippen LogP contribution in [0.15, 0.2) is 24.4 Å². The summed E-state index contributed by atoms with van der Waals surface area (Å²) in [5.74, 6) is 0.859. The van der Waals surface area contributed by atoms with E-state index in [0.717, 1.165) is 5.92 Å². The van der Waals surface area contributed by atoms with Crippen LogP contribution >= 0.6 is 0 Å². The molecule has 0 N–H and O–H groups in total. The van der Waals surface area contributed by atoms with Gasteiger partial charge < -0.3 is 4.90 Å². The molecule has 1 saturated carbocycles. The van der Waals surface area contributed by atoms with Crippen LogP contribution in [-0.2, 0) is 0 Å². The number of hydrogen-bond acceptors (Lipinski definition) is 1. The fourth-order valence-electron chi connectivity index (χ4n) is 2.11. The Kier molecular flexibility index (Phi) is 4.07. The third-order valence-electron chi connectivity index (χ3n) is 2.60. The lowest BCUT2D eigenvalue weighted by atomic mass is 9.84. The van der Waals surface area contributed by atoms with Crippen LogP contribution in [0, 0.1) is 5.92 Å². The van der Waals surface area contributed by atoms with Crippen LogP contribution < -0.4 is 0 Å². The van der Waals surface area contributed by atoms with E-state index in [4.69, 9.17) is 0 Å². The van der Waals surface area contributed by atoms with Crippen molar-refractivity contribution in [1.82, 2.24) is 4.90 Å². The van der Waals surface area contributed by atoms with E-state index in [2.05, 4.69) is 37.9 Å². The van der Waals surface area contributed by atoms with Gasteiger partial charge in [-0.15, -0.1) is 6.58 Å². The lowest BCUT2D eigenvalue weighted by Crippen LogP contribution is -2.11. The molecule has 1 heteroatoms. The largest absolute Gasteiger partial charge is 0.384 e. The second-order valence-electron chi connectivity index (χ2n) is 4.24. The summed E-state index contributed by atoms with van der Waals surface area (Å²) in [5.41, 5.74) is 1.61. The zero-order valence-electron chi connectivity index (χ0n) is 8.92. The summed E-state index contributed by atoms with van der Waals surface area (Å²) in [6.45, 7) is 3.81. The fourth-order valence-corrected chi connectivity index (χ4v) is 2.11. The predicted molar refractivity (Wildman–Crippen MR) is 58.5 cm³/mol. The van der Waals surface area contributed by atoms with Gasteiger partial charge in [0, 0.05) is 14.1 Å². The Hall–Kier alpha value is -0.720. The Bertz CT molecular complexity index is 191. The molecule has 1 fully saturated rings. The van der Waals surface area contributed by atoms with Crippen LogP contribution in [0.25, 0.3) is 0 Å². The van der Waals surface area contributed by atoms with E-state index in [1.54, 1.807) is 5.57 Å². The van der Waals surface area contributed by atoms with Crippen LogP contribution in [0.3, 0.4) is 0 Å². The van der Waals surface area contributed by atoms with Crippen molar-refractivity contribution in [2.45, 2.75) is 32.1 Å². The highest BCUT2D eigenvalue weighted by Gasteiger charge is 2.15.